The van der Waals surface area contributed by atoms with Gasteiger partial charge in [0.15, 0.2) is 5.78 Å². The van der Waals surface area contributed by atoms with Gasteiger partial charge in [-0.3, -0.25) is 14.8 Å². The van der Waals surface area contributed by atoms with E-state index in [4.69, 9.17) is 4.74 Å². The van der Waals surface area contributed by atoms with Gasteiger partial charge in [-0.1, -0.05) is 30.3 Å². The molecule has 1 heterocycles. The lowest BCUT2D eigenvalue weighted by atomic mass is 10.2. The minimum atomic E-state index is -0.621. The van der Waals surface area contributed by atoms with Crippen molar-refractivity contribution in [2.24, 2.45) is 7.05 Å². The number of nitrogens with zero attached hydrogens (tertiary/aromatic N) is 2. The lowest BCUT2D eigenvalue weighted by Gasteiger charge is -2.08. The number of benzene rings is 1. The number of aromatic nitrogens is 2. The Kier molecular flexibility index (Phi) is 4.37. The maximum atomic E-state index is 11.8. The Bertz CT molecular complexity index is 662. The maximum absolute atomic E-state index is 11.8. The molecule has 0 atom stereocenters. The van der Waals surface area contributed by atoms with E-state index in [1.165, 1.54) is 11.6 Å². The Morgan fingerprint density at radius 2 is 1.95 bits per heavy atom. The molecule has 1 N–H and O–H groups in total. The molecule has 21 heavy (non-hydrogen) atoms. The summed E-state index contributed by atoms with van der Waals surface area (Å²) in [5, 5.41) is 6.70. The Balaban J connectivity index is 2.05. The van der Waals surface area contributed by atoms with Crippen LogP contribution in [0, 0.1) is 6.92 Å². The summed E-state index contributed by atoms with van der Waals surface area (Å²) in [6.07, 6.45) is -0.621. The van der Waals surface area contributed by atoms with Gasteiger partial charge < -0.3 is 4.74 Å². The SMILES string of the molecule is CC(=O)c1c(C)nn(C)c1NC(=O)OCc1ccccc1. The summed E-state index contributed by atoms with van der Waals surface area (Å²) in [5.74, 6) is 0.192. The van der Waals surface area contributed by atoms with Crippen LogP contribution < -0.4 is 5.32 Å². The van der Waals surface area contributed by atoms with Gasteiger partial charge >= 0.3 is 6.09 Å². The molecule has 0 saturated carbocycles. The minimum absolute atomic E-state index is 0.154. The molecule has 0 radical (unpaired) electrons. The molecule has 0 spiro atoms. The standard InChI is InChI=1S/C15H17N3O3/c1-10-13(11(2)19)14(18(3)17-10)16-15(20)21-9-12-7-5-4-6-8-12/h4-8H,9H2,1-3H3,(H,16,20). The summed E-state index contributed by atoms with van der Waals surface area (Å²) in [6, 6.07) is 9.36. The number of carbonyl (C=O) groups excluding carboxylic acids is 2. The molecule has 2 rings (SSSR count). The van der Waals surface area contributed by atoms with E-state index in [0.717, 1.165) is 5.56 Å². The highest BCUT2D eigenvalue weighted by Gasteiger charge is 2.19. The first-order valence-corrected chi connectivity index (χ1v) is 6.51. The van der Waals surface area contributed by atoms with Crippen LogP contribution in [0.2, 0.25) is 0 Å². The molecule has 6 heteroatoms. The molecule has 0 aliphatic rings. The summed E-state index contributed by atoms with van der Waals surface area (Å²) in [4.78, 5) is 23.5. The summed E-state index contributed by atoms with van der Waals surface area (Å²) in [7, 11) is 1.66. The first-order valence-electron chi connectivity index (χ1n) is 6.51. The van der Waals surface area contributed by atoms with Crippen molar-refractivity contribution in [1.82, 2.24) is 9.78 Å². The number of rotatable bonds is 4. The number of hydrogen-bond donors (Lipinski definition) is 1. The fourth-order valence-corrected chi connectivity index (χ4v) is 2.08. The number of carbonyl (C=O) groups is 2. The zero-order valence-electron chi connectivity index (χ0n) is 12.2. The average molecular weight is 287 g/mol. The molecule has 0 fully saturated rings. The van der Waals surface area contributed by atoms with Gasteiger partial charge in [-0.15, -0.1) is 0 Å². The van der Waals surface area contributed by atoms with Gasteiger partial charge in [-0.2, -0.15) is 5.10 Å². The van der Waals surface area contributed by atoms with Crippen LogP contribution >= 0.6 is 0 Å². The number of amides is 1. The third-order valence-corrected chi connectivity index (χ3v) is 3.01. The van der Waals surface area contributed by atoms with Crippen LogP contribution in [0.3, 0.4) is 0 Å². The van der Waals surface area contributed by atoms with Gasteiger partial charge in [0, 0.05) is 7.05 Å². The molecule has 0 aliphatic carbocycles. The number of nitrogens with one attached hydrogen (secondary N) is 1. The van der Waals surface area contributed by atoms with Crippen LogP contribution in [0.4, 0.5) is 10.6 Å². The fourth-order valence-electron chi connectivity index (χ4n) is 2.08. The summed E-state index contributed by atoms with van der Waals surface area (Å²) in [6.45, 7) is 3.32. The number of anilines is 1. The molecule has 0 saturated heterocycles. The van der Waals surface area contributed by atoms with Crippen molar-refractivity contribution >= 4 is 17.7 Å². The van der Waals surface area contributed by atoms with Crippen molar-refractivity contribution in [3.05, 3.63) is 47.2 Å². The van der Waals surface area contributed by atoms with Crippen LogP contribution in [0.1, 0.15) is 28.5 Å². The van der Waals surface area contributed by atoms with Gasteiger partial charge in [-0.05, 0) is 19.4 Å². The highest BCUT2D eigenvalue weighted by molar-refractivity contribution is 6.02. The predicted octanol–water partition coefficient (Wildman–Crippen LogP) is 2.68. The Hall–Kier alpha value is -2.63. The van der Waals surface area contributed by atoms with Crippen LogP contribution in [0.15, 0.2) is 30.3 Å². The fraction of sp³-hybridized carbons (Fsp3) is 0.267. The average Bonchev–Trinajstić information content (AvgIpc) is 2.72. The first kappa shape index (κ1) is 14.8. The van der Waals surface area contributed by atoms with E-state index in [1.54, 1.807) is 14.0 Å². The van der Waals surface area contributed by atoms with Crippen LogP contribution in [-0.2, 0) is 18.4 Å². The maximum Gasteiger partial charge on any atom is 0.413 e. The Morgan fingerprint density at radius 3 is 2.57 bits per heavy atom. The van der Waals surface area contributed by atoms with Crippen molar-refractivity contribution in [3.63, 3.8) is 0 Å². The summed E-state index contributed by atoms with van der Waals surface area (Å²) >= 11 is 0. The molecule has 0 bridgehead atoms. The van der Waals surface area contributed by atoms with Gasteiger partial charge in [0.2, 0.25) is 0 Å². The molecule has 1 amide bonds. The van der Waals surface area contributed by atoms with Crippen LogP contribution in [0.5, 0.6) is 0 Å². The smallest absolute Gasteiger partial charge is 0.413 e. The second-order valence-corrected chi connectivity index (χ2v) is 4.68. The number of Topliss-reactive ketones (excluding diaryl/α,β-unsaturated/α-hetero) is 1. The third kappa shape index (κ3) is 3.47. The van der Waals surface area contributed by atoms with Crippen molar-refractivity contribution in [2.75, 3.05) is 5.32 Å². The quantitative estimate of drug-likeness (QED) is 0.877. The zero-order valence-corrected chi connectivity index (χ0v) is 12.2. The molecule has 1 aromatic heterocycles. The second kappa shape index (κ2) is 6.21. The molecule has 1 aromatic carbocycles. The molecule has 0 aliphatic heterocycles. The van der Waals surface area contributed by atoms with Crippen LogP contribution in [-0.4, -0.2) is 21.7 Å². The highest BCUT2D eigenvalue weighted by atomic mass is 16.5. The van der Waals surface area contributed by atoms with E-state index in [9.17, 15) is 9.59 Å². The largest absolute Gasteiger partial charge is 0.444 e. The molecular weight excluding hydrogens is 270 g/mol. The predicted molar refractivity (Wildman–Crippen MR) is 78.2 cm³/mol. The highest BCUT2D eigenvalue weighted by Crippen LogP contribution is 2.19. The van der Waals surface area contributed by atoms with E-state index in [0.29, 0.717) is 17.1 Å². The van der Waals surface area contributed by atoms with Gasteiger partial charge in [-0.25, -0.2) is 4.79 Å². The molecule has 2 aromatic rings. The van der Waals surface area contributed by atoms with E-state index in [2.05, 4.69) is 10.4 Å². The normalized spacial score (nSPS) is 10.2. The van der Waals surface area contributed by atoms with Gasteiger partial charge in [0.1, 0.15) is 12.4 Å². The van der Waals surface area contributed by atoms with Crippen LogP contribution in [0.25, 0.3) is 0 Å². The van der Waals surface area contributed by atoms with Gasteiger partial charge in [0.25, 0.3) is 0 Å². The lowest BCUT2D eigenvalue weighted by molar-refractivity contribution is 0.101. The Morgan fingerprint density at radius 1 is 1.29 bits per heavy atom. The minimum Gasteiger partial charge on any atom is -0.444 e. The van der Waals surface area contributed by atoms with E-state index >= 15 is 0 Å². The number of hydrogen-bond acceptors (Lipinski definition) is 4. The molecule has 6 nitrogen and oxygen atoms in total. The topological polar surface area (TPSA) is 73.2 Å². The zero-order chi connectivity index (χ0) is 15.4. The van der Waals surface area contributed by atoms with E-state index in [-0.39, 0.29) is 12.4 Å². The number of aryl methyl sites for hydroxylation is 2. The number of ether oxygens (including phenoxy) is 1. The number of ketones is 1. The molecule has 0 unspecified atom stereocenters. The Labute approximate surface area is 122 Å². The van der Waals surface area contributed by atoms with Crippen molar-refractivity contribution < 1.29 is 14.3 Å². The van der Waals surface area contributed by atoms with E-state index in [1.807, 2.05) is 30.3 Å². The van der Waals surface area contributed by atoms with Crippen molar-refractivity contribution in [2.45, 2.75) is 20.5 Å². The van der Waals surface area contributed by atoms with Gasteiger partial charge in [0.05, 0.1) is 11.3 Å². The third-order valence-electron chi connectivity index (χ3n) is 3.01. The summed E-state index contributed by atoms with van der Waals surface area (Å²) < 4.78 is 6.58. The lowest BCUT2D eigenvalue weighted by Crippen LogP contribution is -2.17. The second-order valence-electron chi connectivity index (χ2n) is 4.68. The van der Waals surface area contributed by atoms with Crippen molar-refractivity contribution in [1.29, 1.82) is 0 Å². The monoisotopic (exact) mass is 287 g/mol. The molecular formula is C15H17N3O3. The summed E-state index contributed by atoms with van der Waals surface area (Å²) in [5.41, 5.74) is 1.86. The molecule has 110 valence electrons. The first-order chi connectivity index (χ1) is 9.99. The van der Waals surface area contributed by atoms with E-state index < -0.39 is 6.09 Å². The van der Waals surface area contributed by atoms with Crippen molar-refractivity contribution in [3.8, 4) is 0 Å².